The largest absolute Gasteiger partial charge is 0.383 e. The lowest BCUT2D eigenvalue weighted by molar-refractivity contribution is 0.203. The molecule has 0 aromatic heterocycles. The lowest BCUT2D eigenvalue weighted by Crippen LogP contribution is -2.40. The summed E-state index contributed by atoms with van der Waals surface area (Å²) in [6.07, 6.45) is 1.84. The van der Waals surface area contributed by atoms with E-state index in [0.717, 1.165) is 6.26 Å². The SMILES string of the molecule is CN=C(NCCCNS(C)(=O)=O)NCCOC. The number of methoxy groups -OCH3 is 1. The Morgan fingerprint density at radius 3 is 2.41 bits per heavy atom. The molecule has 0 aliphatic carbocycles. The number of hydrogen-bond acceptors (Lipinski definition) is 4. The predicted octanol–water partition coefficient (Wildman–Crippen LogP) is -1.26. The van der Waals surface area contributed by atoms with Crippen molar-refractivity contribution in [3.05, 3.63) is 0 Å². The molecule has 0 radical (unpaired) electrons. The van der Waals surface area contributed by atoms with E-state index in [4.69, 9.17) is 4.74 Å². The Morgan fingerprint density at radius 2 is 1.88 bits per heavy atom. The molecule has 8 heteroatoms. The van der Waals surface area contributed by atoms with Gasteiger partial charge in [-0.05, 0) is 6.42 Å². The van der Waals surface area contributed by atoms with Gasteiger partial charge in [0.1, 0.15) is 0 Å². The molecule has 7 nitrogen and oxygen atoms in total. The van der Waals surface area contributed by atoms with E-state index in [1.54, 1.807) is 14.2 Å². The Balaban J connectivity index is 3.57. The molecule has 3 N–H and O–H groups in total. The molecule has 0 fully saturated rings. The quantitative estimate of drug-likeness (QED) is 0.290. The first-order chi connectivity index (χ1) is 7.99. The molecule has 17 heavy (non-hydrogen) atoms. The van der Waals surface area contributed by atoms with Crippen LogP contribution in [0.25, 0.3) is 0 Å². The molecule has 0 heterocycles. The fourth-order valence-corrected chi connectivity index (χ4v) is 1.56. The summed E-state index contributed by atoms with van der Waals surface area (Å²) in [6.45, 7) is 2.35. The number of nitrogens with zero attached hydrogens (tertiary/aromatic N) is 1. The lowest BCUT2D eigenvalue weighted by Gasteiger charge is -2.11. The highest BCUT2D eigenvalue weighted by Gasteiger charge is 1.99. The molecular formula is C9H22N4O3S. The summed E-state index contributed by atoms with van der Waals surface area (Å²) < 4.78 is 28.9. The summed E-state index contributed by atoms with van der Waals surface area (Å²) in [4.78, 5) is 4.01. The molecule has 0 aromatic rings. The highest BCUT2D eigenvalue weighted by molar-refractivity contribution is 7.88. The van der Waals surface area contributed by atoms with Crippen LogP contribution in [0.2, 0.25) is 0 Å². The Bertz CT molecular complexity index is 316. The van der Waals surface area contributed by atoms with Gasteiger partial charge in [0.2, 0.25) is 10.0 Å². The van der Waals surface area contributed by atoms with Crippen LogP contribution in [0.4, 0.5) is 0 Å². The number of ether oxygens (including phenoxy) is 1. The molecule has 102 valence electrons. The number of guanidine groups is 1. The van der Waals surface area contributed by atoms with Gasteiger partial charge < -0.3 is 15.4 Å². The molecule has 0 spiro atoms. The van der Waals surface area contributed by atoms with Crippen molar-refractivity contribution in [1.29, 1.82) is 0 Å². The van der Waals surface area contributed by atoms with E-state index in [9.17, 15) is 8.42 Å². The minimum atomic E-state index is -3.09. The highest BCUT2D eigenvalue weighted by Crippen LogP contribution is 1.78. The average Bonchev–Trinajstić information content (AvgIpc) is 2.25. The lowest BCUT2D eigenvalue weighted by atomic mass is 10.4. The normalized spacial score (nSPS) is 12.5. The molecule has 0 aliphatic heterocycles. The van der Waals surface area contributed by atoms with Crippen LogP contribution in [0.5, 0.6) is 0 Å². The van der Waals surface area contributed by atoms with Gasteiger partial charge in [0.05, 0.1) is 12.9 Å². The molecule has 0 rings (SSSR count). The van der Waals surface area contributed by atoms with Crippen molar-refractivity contribution in [2.45, 2.75) is 6.42 Å². The van der Waals surface area contributed by atoms with Crippen LogP contribution in [0, 0.1) is 0 Å². The molecule has 0 saturated heterocycles. The first kappa shape index (κ1) is 16.1. The summed E-state index contributed by atoms with van der Waals surface area (Å²) in [5, 5.41) is 6.12. The molecule has 0 atom stereocenters. The van der Waals surface area contributed by atoms with E-state index >= 15 is 0 Å². The fraction of sp³-hybridized carbons (Fsp3) is 0.889. The van der Waals surface area contributed by atoms with E-state index in [0.29, 0.717) is 38.6 Å². The van der Waals surface area contributed by atoms with Gasteiger partial charge in [-0.3, -0.25) is 4.99 Å². The van der Waals surface area contributed by atoms with Crippen molar-refractivity contribution in [3.63, 3.8) is 0 Å². The third kappa shape index (κ3) is 11.4. The van der Waals surface area contributed by atoms with Gasteiger partial charge in [-0.25, -0.2) is 13.1 Å². The molecular weight excluding hydrogens is 244 g/mol. The molecule has 0 unspecified atom stereocenters. The fourth-order valence-electron chi connectivity index (χ4n) is 1.04. The van der Waals surface area contributed by atoms with Crippen LogP contribution in [-0.2, 0) is 14.8 Å². The zero-order chi connectivity index (χ0) is 13.1. The third-order valence-electron chi connectivity index (χ3n) is 1.83. The monoisotopic (exact) mass is 266 g/mol. The molecule has 0 saturated carbocycles. The highest BCUT2D eigenvalue weighted by atomic mass is 32.2. The molecule has 0 aromatic carbocycles. The predicted molar refractivity (Wildman–Crippen MR) is 68.7 cm³/mol. The summed E-state index contributed by atoms with van der Waals surface area (Å²) in [6, 6.07) is 0. The summed E-state index contributed by atoms with van der Waals surface area (Å²) in [7, 11) is 0.223. The van der Waals surface area contributed by atoms with Gasteiger partial charge in [-0.15, -0.1) is 0 Å². The van der Waals surface area contributed by atoms with Gasteiger partial charge in [0, 0.05) is 33.8 Å². The van der Waals surface area contributed by atoms with E-state index in [2.05, 4.69) is 20.3 Å². The molecule has 0 aliphatic rings. The zero-order valence-electron chi connectivity index (χ0n) is 10.6. The van der Waals surface area contributed by atoms with Crippen molar-refractivity contribution in [3.8, 4) is 0 Å². The first-order valence-corrected chi connectivity index (χ1v) is 7.27. The van der Waals surface area contributed by atoms with Crippen LogP contribution in [0.1, 0.15) is 6.42 Å². The van der Waals surface area contributed by atoms with Gasteiger partial charge >= 0.3 is 0 Å². The van der Waals surface area contributed by atoms with Crippen molar-refractivity contribution >= 4 is 16.0 Å². The van der Waals surface area contributed by atoms with Crippen LogP contribution < -0.4 is 15.4 Å². The Kier molecular flexibility index (Phi) is 8.73. The Morgan fingerprint density at radius 1 is 1.24 bits per heavy atom. The number of nitrogens with one attached hydrogen (secondary N) is 3. The molecule has 0 bridgehead atoms. The van der Waals surface area contributed by atoms with Gasteiger partial charge in [0.15, 0.2) is 5.96 Å². The van der Waals surface area contributed by atoms with E-state index in [1.165, 1.54) is 0 Å². The maximum atomic E-state index is 10.8. The van der Waals surface area contributed by atoms with Crippen molar-refractivity contribution in [2.75, 3.05) is 46.7 Å². The van der Waals surface area contributed by atoms with E-state index < -0.39 is 10.0 Å². The van der Waals surface area contributed by atoms with Gasteiger partial charge in [-0.2, -0.15) is 0 Å². The summed E-state index contributed by atoms with van der Waals surface area (Å²) in [5.41, 5.74) is 0. The van der Waals surface area contributed by atoms with Crippen molar-refractivity contribution < 1.29 is 13.2 Å². The maximum Gasteiger partial charge on any atom is 0.208 e. The van der Waals surface area contributed by atoms with Gasteiger partial charge in [-0.1, -0.05) is 0 Å². The van der Waals surface area contributed by atoms with Gasteiger partial charge in [0.25, 0.3) is 0 Å². The van der Waals surface area contributed by atoms with Crippen molar-refractivity contribution in [1.82, 2.24) is 15.4 Å². The average molecular weight is 266 g/mol. The third-order valence-corrected chi connectivity index (χ3v) is 2.56. The first-order valence-electron chi connectivity index (χ1n) is 5.37. The second-order valence-electron chi connectivity index (χ2n) is 3.44. The second kappa shape index (κ2) is 9.20. The Hall–Kier alpha value is -0.860. The Labute approximate surface area is 103 Å². The number of sulfonamides is 1. The molecule has 0 amide bonds. The zero-order valence-corrected chi connectivity index (χ0v) is 11.4. The standard InChI is InChI=1S/C9H22N4O3S/c1-10-9(12-7-8-16-2)11-5-4-6-13-17(3,14)15/h13H,4-8H2,1-3H3,(H2,10,11,12). The number of aliphatic imine (C=N–C) groups is 1. The summed E-state index contributed by atoms with van der Waals surface area (Å²) in [5.74, 6) is 0.682. The minimum Gasteiger partial charge on any atom is -0.383 e. The maximum absolute atomic E-state index is 10.8. The van der Waals surface area contributed by atoms with Crippen LogP contribution in [-0.4, -0.2) is 61.0 Å². The number of hydrogen-bond donors (Lipinski definition) is 3. The smallest absolute Gasteiger partial charge is 0.208 e. The van der Waals surface area contributed by atoms with E-state index in [-0.39, 0.29) is 0 Å². The van der Waals surface area contributed by atoms with Crippen LogP contribution in [0.3, 0.4) is 0 Å². The topological polar surface area (TPSA) is 91.8 Å². The second-order valence-corrected chi connectivity index (χ2v) is 5.27. The minimum absolute atomic E-state index is 0.418. The van der Waals surface area contributed by atoms with Crippen LogP contribution >= 0.6 is 0 Å². The summed E-state index contributed by atoms with van der Waals surface area (Å²) >= 11 is 0. The van der Waals surface area contributed by atoms with Crippen LogP contribution in [0.15, 0.2) is 4.99 Å². The van der Waals surface area contributed by atoms with E-state index in [1.807, 2.05) is 0 Å². The number of rotatable bonds is 8. The van der Waals surface area contributed by atoms with Crippen molar-refractivity contribution in [2.24, 2.45) is 4.99 Å².